The van der Waals surface area contributed by atoms with E-state index in [9.17, 15) is 9.59 Å². The Kier molecular flexibility index (Phi) is 5.50. The SMILES string of the molecule is CNC(=O)COC(=O)COc1ccccc1OC. The number of amides is 1. The van der Waals surface area contributed by atoms with Gasteiger partial charge in [-0.25, -0.2) is 4.79 Å². The second kappa shape index (κ2) is 7.16. The van der Waals surface area contributed by atoms with E-state index in [0.717, 1.165) is 0 Å². The molecule has 0 aliphatic carbocycles. The molecule has 18 heavy (non-hydrogen) atoms. The molecule has 0 atom stereocenters. The summed E-state index contributed by atoms with van der Waals surface area (Å²) in [5.41, 5.74) is 0. The summed E-state index contributed by atoms with van der Waals surface area (Å²) < 4.78 is 14.9. The molecule has 1 aromatic carbocycles. The van der Waals surface area contributed by atoms with Crippen molar-refractivity contribution in [2.24, 2.45) is 0 Å². The molecule has 1 N–H and O–H groups in total. The van der Waals surface area contributed by atoms with Crippen molar-refractivity contribution in [3.05, 3.63) is 24.3 Å². The maximum Gasteiger partial charge on any atom is 0.344 e. The molecule has 6 nitrogen and oxygen atoms in total. The molecule has 98 valence electrons. The average molecular weight is 253 g/mol. The Balaban J connectivity index is 2.40. The van der Waals surface area contributed by atoms with Gasteiger partial charge >= 0.3 is 5.97 Å². The third-order valence-electron chi connectivity index (χ3n) is 2.06. The van der Waals surface area contributed by atoms with Crippen LogP contribution in [-0.2, 0) is 14.3 Å². The number of hydrogen-bond donors (Lipinski definition) is 1. The molecule has 0 bridgehead atoms. The first-order valence-electron chi connectivity index (χ1n) is 5.29. The Hall–Kier alpha value is -2.24. The number of benzene rings is 1. The molecule has 0 aliphatic rings. The van der Waals surface area contributed by atoms with Crippen LogP contribution in [0.4, 0.5) is 0 Å². The Bertz CT molecular complexity index is 419. The van der Waals surface area contributed by atoms with Crippen molar-refractivity contribution in [2.75, 3.05) is 27.4 Å². The summed E-state index contributed by atoms with van der Waals surface area (Å²) in [6.45, 7) is -0.595. The van der Waals surface area contributed by atoms with E-state index in [4.69, 9.17) is 9.47 Å². The number of ether oxygens (including phenoxy) is 3. The van der Waals surface area contributed by atoms with Crippen molar-refractivity contribution in [1.82, 2.24) is 5.32 Å². The smallest absolute Gasteiger partial charge is 0.344 e. The number of rotatable bonds is 6. The van der Waals surface area contributed by atoms with Gasteiger partial charge in [-0.3, -0.25) is 4.79 Å². The van der Waals surface area contributed by atoms with Gasteiger partial charge in [0.15, 0.2) is 24.7 Å². The first-order chi connectivity index (χ1) is 8.67. The zero-order chi connectivity index (χ0) is 13.4. The zero-order valence-corrected chi connectivity index (χ0v) is 10.3. The third kappa shape index (κ3) is 4.32. The minimum absolute atomic E-state index is 0.280. The molecule has 0 aromatic heterocycles. The topological polar surface area (TPSA) is 73.9 Å². The van der Waals surface area contributed by atoms with Gasteiger partial charge in [-0.2, -0.15) is 0 Å². The number of nitrogens with one attached hydrogen (secondary N) is 1. The lowest BCUT2D eigenvalue weighted by Gasteiger charge is -2.09. The molecule has 0 unspecified atom stereocenters. The maximum atomic E-state index is 11.3. The Morgan fingerprint density at radius 2 is 1.83 bits per heavy atom. The lowest BCUT2D eigenvalue weighted by atomic mass is 10.3. The molecule has 0 saturated heterocycles. The van der Waals surface area contributed by atoms with Crippen LogP contribution in [0.1, 0.15) is 0 Å². The van der Waals surface area contributed by atoms with Gasteiger partial charge in [-0.05, 0) is 12.1 Å². The first kappa shape index (κ1) is 13.8. The van der Waals surface area contributed by atoms with Crippen LogP contribution in [0.25, 0.3) is 0 Å². The monoisotopic (exact) mass is 253 g/mol. The number of carbonyl (C=O) groups excluding carboxylic acids is 2. The van der Waals surface area contributed by atoms with Crippen LogP contribution in [-0.4, -0.2) is 39.2 Å². The molecule has 1 amide bonds. The van der Waals surface area contributed by atoms with Crippen molar-refractivity contribution >= 4 is 11.9 Å². The third-order valence-corrected chi connectivity index (χ3v) is 2.06. The summed E-state index contributed by atoms with van der Waals surface area (Å²) in [5, 5.41) is 2.34. The zero-order valence-electron chi connectivity index (χ0n) is 10.3. The average Bonchev–Trinajstić information content (AvgIpc) is 2.42. The fourth-order valence-corrected chi connectivity index (χ4v) is 1.13. The highest BCUT2D eigenvalue weighted by Gasteiger charge is 2.09. The van der Waals surface area contributed by atoms with Gasteiger partial charge in [0.2, 0.25) is 0 Å². The predicted octanol–water partition coefficient (Wildman–Crippen LogP) is 0.363. The van der Waals surface area contributed by atoms with E-state index in [0.29, 0.717) is 11.5 Å². The van der Waals surface area contributed by atoms with Crippen molar-refractivity contribution < 1.29 is 23.8 Å². The Morgan fingerprint density at radius 3 is 2.44 bits per heavy atom. The summed E-state index contributed by atoms with van der Waals surface area (Å²) in [6, 6.07) is 6.93. The van der Waals surface area contributed by atoms with E-state index in [1.165, 1.54) is 14.2 Å². The van der Waals surface area contributed by atoms with Gasteiger partial charge in [0.05, 0.1) is 7.11 Å². The highest BCUT2D eigenvalue weighted by atomic mass is 16.6. The maximum absolute atomic E-state index is 11.3. The summed E-state index contributed by atoms with van der Waals surface area (Å²) in [7, 11) is 2.97. The molecule has 0 heterocycles. The second-order valence-electron chi connectivity index (χ2n) is 3.27. The van der Waals surface area contributed by atoms with Crippen molar-refractivity contribution in [1.29, 1.82) is 0 Å². The number of esters is 1. The van der Waals surface area contributed by atoms with Gasteiger partial charge in [0.1, 0.15) is 0 Å². The van der Waals surface area contributed by atoms with Crippen LogP contribution >= 0.6 is 0 Å². The van der Waals surface area contributed by atoms with Gasteiger partial charge in [-0.1, -0.05) is 12.1 Å². The van der Waals surface area contributed by atoms with Gasteiger partial charge in [0, 0.05) is 7.05 Å². The molecule has 0 aliphatic heterocycles. The fourth-order valence-electron chi connectivity index (χ4n) is 1.13. The standard InChI is InChI=1S/C12H15NO5/c1-13-11(14)7-18-12(15)8-17-10-6-4-3-5-9(10)16-2/h3-6H,7-8H2,1-2H3,(H,13,14). The number of methoxy groups -OCH3 is 1. The molecule has 0 radical (unpaired) electrons. The fraction of sp³-hybridized carbons (Fsp3) is 0.333. The number of hydrogen-bond acceptors (Lipinski definition) is 5. The molecule has 0 fully saturated rings. The van der Waals surface area contributed by atoms with Crippen LogP contribution < -0.4 is 14.8 Å². The number of para-hydroxylation sites is 2. The summed E-state index contributed by atoms with van der Waals surface area (Å²) in [4.78, 5) is 22.1. The van der Waals surface area contributed by atoms with Crippen molar-refractivity contribution in [2.45, 2.75) is 0 Å². The summed E-state index contributed by atoms with van der Waals surface area (Å²) in [5.74, 6) is -0.0290. The van der Waals surface area contributed by atoms with Crippen LogP contribution in [0.3, 0.4) is 0 Å². The van der Waals surface area contributed by atoms with Crippen LogP contribution in [0.2, 0.25) is 0 Å². The van der Waals surface area contributed by atoms with E-state index < -0.39 is 5.97 Å². The van der Waals surface area contributed by atoms with E-state index in [1.54, 1.807) is 24.3 Å². The van der Waals surface area contributed by atoms with Crippen molar-refractivity contribution in [3.63, 3.8) is 0 Å². The molecule has 1 aromatic rings. The summed E-state index contributed by atoms with van der Waals surface area (Å²) >= 11 is 0. The Labute approximate surface area is 105 Å². The van der Waals surface area contributed by atoms with E-state index in [-0.39, 0.29) is 19.1 Å². The van der Waals surface area contributed by atoms with Gasteiger partial charge in [0.25, 0.3) is 5.91 Å². The van der Waals surface area contributed by atoms with Gasteiger partial charge in [-0.15, -0.1) is 0 Å². The quantitative estimate of drug-likeness (QED) is 0.741. The normalized spacial score (nSPS) is 9.44. The van der Waals surface area contributed by atoms with E-state index >= 15 is 0 Å². The molecule has 1 rings (SSSR count). The lowest BCUT2D eigenvalue weighted by Crippen LogP contribution is -2.26. The number of likely N-dealkylation sites (N-methyl/N-ethyl adjacent to an activating group) is 1. The minimum atomic E-state index is -0.621. The van der Waals surface area contributed by atoms with Crippen LogP contribution in [0.5, 0.6) is 11.5 Å². The molecule has 0 saturated carbocycles. The highest BCUT2D eigenvalue weighted by molar-refractivity contribution is 5.80. The van der Waals surface area contributed by atoms with Gasteiger partial charge < -0.3 is 19.5 Å². The summed E-state index contributed by atoms with van der Waals surface area (Å²) in [6.07, 6.45) is 0. The van der Waals surface area contributed by atoms with Crippen LogP contribution in [0, 0.1) is 0 Å². The van der Waals surface area contributed by atoms with E-state index in [2.05, 4.69) is 10.1 Å². The minimum Gasteiger partial charge on any atom is -0.493 e. The lowest BCUT2D eigenvalue weighted by molar-refractivity contribution is -0.150. The molecular weight excluding hydrogens is 238 g/mol. The second-order valence-corrected chi connectivity index (χ2v) is 3.27. The molecule has 6 heteroatoms. The molecular formula is C12H15NO5. The predicted molar refractivity (Wildman–Crippen MR) is 63.5 cm³/mol. The number of carbonyl (C=O) groups is 2. The first-order valence-corrected chi connectivity index (χ1v) is 5.29. The highest BCUT2D eigenvalue weighted by Crippen LogP contribution is 2.25. The Morgan fingerprint density at radius 1 is 1.17 bits per heavy atom. The van der Waals surface area contributed by atoms with E-state index in [1.807, 2.05) is 0 Å². The molecule has 0 spiro atoms. The van der Waals surface area contributed by atoms with Crippen molar-refractivity contribution in [3.8, 4) is 11.5 Å². The van der Waals surface area contributed by atoms with Crippen LogP contribution in [0.15, 0.2) is 24.3 Å². The largest absolute Gasteiger partial charge is 0.493 e.